The summed E-state index contributed by atoms with van der Waals surface area (Å²) < 4.78 is 24.1. The van der Waals surface area contributed by atoms with Gasteiger partial charge in [-0.3, -0.25) is 4.79 Å². The third kappa shape index (κ3) is 4.41. The summed E-state index contributed by atoms with van der Waals surface area (Å²) in [6.07, 6.45) is -0.907. The van der Waals surface area contributed by atoms with Gasteiger partial charge in [0.2, 0.25) is 5.91 Å². The molecular weight excluding hydrogens is 349 g/mol. The summed E-state index contributed by atoms with van der Waals surface area (Å²) in [6, 6.07) is 8.99. The number of benzene rings is 2. The molecule has 1 aliphatic rings. The summed E-state index contributed by atoms with van der Waals surface area (Å²) in [5.74, 6) is 0.275. The zero-order valence-corrected chi connectivity index (χ0v) is 14.1. The van der Waals surface area contributed by atoms with Gasteiger partial charge < -0.3 is 19.9 Å². The minimum atomic E-state index is -0.983. The average molecular weight is 366 g/mol. The number of carbonyl (C=O) groups is 1. The number of halogens is 2. The number of rotatable bonds is 5. The van der Waals surface area contributed by atoms with Crippen LogP contribution in [0.1, 0.15) is 17.2 Å². The first kappa shape index (κ1) is 17.5. The van der Waals surface area contributed by atoms with Crippen molar-refractivity contribution in [2.45, 2.75) is 12.5 Å². The number of hydrogen-bond acceptors (Lipinski definition) is 4. The molecule has 132 valence electrons. The number of hydrogen-bond donors (Lipinski definition) is 2. The molecule has 1 unspecified atom stereocenters. The molecule has 0 bridgehead atoms. The van der Waals surface area contributed by atoms with Gasteiger partial charge in [0.15, 0.2) is 11.5 Å². The first-order valence-electron chi connectivity index (χ1n) is 7.81. The van der Waals surface area contributed by atoms with Gasteiger partial charge in [-0.25, -0.2) is 4.39 Å². The van der Waals surface area contributed by atoms with Crippen LogP contribution in [0.2, 0.25) is 5.02 Å². The van der Waals surface area contributed by atoms with Crippen LogP contribution in [-0.4, -0.2) is 30.8 Å². The van der Waals surface area contributed by atoms with E-state index in [0.29, 0.717) is 40.9 Å². The molecule has 3 rings (SSSR count). The van der Waals surface area contributed by atoms with E-state index in [9.17, 15) is 14.3 Å². The molecule has 1 atom stereocenters. The molecule has 1 aliphatic heterocycles. The van der Waals surface area contributed by atoms with Crippen LogP contribution >= 0.6 is 11.6 Å². The van der Waals surface area contributed by atoms with E-state index in [-0.39, 0.29) is 18.9 Å². The van der Waals surface area contributed by atoms with E-state index in [0.717, 1.165) is 0 Å². The molecule has 2 aromatic rings. The Hall–Kier alpha value is -2.31. The smallest absolute Gasteiger partial charge is 0.224 e. The van der Waals surface area contributed by atoms with Crippen LogP contribution in [0.15, 0.2) is 36.4 Å². The van der Waals surface area contributed by atoms with E-state index in [4.69, 9.17) is 21.1 Å². The quantitative estimate of drug-likeness (QED) is 0.854. The highest BCUT2D eigenvalue weighted by molar-refractivity contribution is 6.32. The number of amides is 1. The Morgan fingerprint density at radius 1 is 1.28 bits per heavy atom. The van der Waals surface area contributed by atoms with Crippen LogP contribution in [0.5, 0.6) is 11.5 Å². The van der Waals surface area contributed by atoms with E-state index < -0.39 is 11.9 Å². The molecule has 25 heavy (non-hydrogen) atoms. The summed E-state index contributed by atoms with van der Waals surface area (Å²) in [6.45, 7) is 0.851. The van der Waals surface area contributed by atoms with E-state index in [1.165, 1.54) is 18.2 Å². The maximum Gasteiger partial charge on any atom is 0.224 e. The van der Waals surface area contributed by atoms with Crippen LogP contribution in [0.25, 0.3) is 0 Å². The molecule has 0 saturated heterocycles. The van der Waals surface area contributed by atoms with Gasteiger partial charge in [-0.2, -0.15) is 0 Å². The lowest BCUT2D eigenvalue weighted by molar-refractivity contribution is -0.120. The van der Waals surface area contributed by atoms with Gasteiger partial charge in [0.1, 0.15) is 19.0 Å². The lowest BCUT2D eigenvalue weighted by atomic mass is 10.1. The second kappa shape index (κ2) is 7.72. The Morgan fingerprint density at radius 2 is 2.08 bits per heavy atom. The summed E-state index contributed by atoms with van der Waals surface area (Å²) in [5, 5.41) is 13.0. The Morgan fingerprint density at radius 3 is 2.88 bits per heavy atom. The Balaban J connectivity index is 1.58. The number of nitrogens with one attached hydrogen (secondary N) is 1. The van der Waals surface area contributed by atoms with Crippen molar-refractivity contribution >= 4 is 17.5 Å². The number of aliphatic hydroxyl groups excluding tert-OH is 1. The zero-order chi connectivity index (χ0) is 17.8. The van der Waals surface area contributed by atoms with Crippen molar-refractivity contribution in [3.05, 3.63) is 58.4 Å². The lowest BCUT2D eigenvalue weighted by Gasteiger charge is -2.20. The lowest BCUT2D eigenvalue weighted by Crippen LogP contribution is -2.29. The van der Waals surface area contributed by atoms with Crippen LogP contribution in [0.3, 0.4) is 0 Å². The summed E-state index contributed by atoms with van der Waals surface area (Å²) in [4.78, 5) is 12.1. The fourth-order valence-electron chi connectivity index (χ4n) is 2.56. The molecule has 0 spiro atoms. The average Bonchev–Trinajstić information content (AvgIpc) is 2.60. The number of carbonyl (C=O) groups excluding carboxylic acids is 1. The van der Waals surface area contributed by atoms with Gasteiger partial charge in [0, 0.05) is 6.54 Å². The van der Waals surface area contributed by atoms with Gasteiger partial charge in [-0.15, -0.1) is 0 Å². The summed E-state index contributed by atoms with van der Waals surface area (Å²) in [5.41, 5.74) is 1.08. The van der Waals surface area contributed by atoms with Crippen molar-refractivity contribution in [3.63, 3.8) is 0 Å². The second-order valence-electron chi connectivity index (χ2n) is 5.65. The molecule has 2 aromatic carbocycles. The van der Waals surface area contributed by atoms with E-state index in [1.807, 2.05) is 0 Å². The topological polar surface area (TPSA) is 67.8 Å². The molecule has 0 aromatic heterocycles. The normalized spacial score (nSPS) is 14.0. The van der Waals surface area contributed by atoms with Gasteiger partial charge in [-0.1, -0.05) is 23.7 Å². The number of ether oxygens (including phenoxy) is 2. The highest BCUT2D eigenvalue weighted by atomic mass is 35.5. The molecule has 2 N–H and O–H groups in total. The van der Waals surface area contributed by atoms with Gasteiger partial charge in [-0.05, 0) is 35.4 Å². The fourth-order valence-corrected chi connectivity index (χ4v) is 2.84. The van der Waals surface area contributed by atoms with Crippen molar-refractivity contribution in [1.29, 1.82) is 0 Å². The monoisotopic (exact) mass is 365 g/mol. The molecule has 7 heteroatoms. The third-order valence-electron chi connectivity index (χ3n) is 3.75. The first-order valence-corrected chi connectivity index (χ1v) is 8.19. The molecule has 1 heterocycles. The maximum absolute atomic E-state index is 13.2. The van der Waals surface area contributed by atoms with Crippen LogP contribution in [-0.2, 0) is 11.2 Å². The third-order valence-corrected chi connectivity index (χ3v) is 4.03. The highest BCUT2D eigenvalue weighted by Crippen LogP contribution is 2.38. The zero-order valence-electron chi connectivity index (χ0n) is 13.3. The Labute approximate surface area is 149 Å². The van der Waals surface area contributed by atoms with E-state index in [2.05, 4.69) is 5.32 Å². The Bertz CT molecular complexity index is 784. The molecule has 0 radical (unpaired) electrons. The molecule has 0 aliphatic carbocycles. The van der Waals surface area contributed by atoms with Crippen LogP contribution in [0.4, 0.5) is 4.39 Å². The minimum absolute atomic E-state index is 0.0133. The van der Waals surface area contributed by atoms with Crippen molar-refractivity contribution in [3.8, 4) is 11.5 Å². The highest BCUT2D eigenvalue weighted by Gasteiger charge is 2.18. The minimum Gasteiger partial charge on any atom is -0.486 e. The van der Waals surface area contributed by atoms with Crippen LogP contribution in [0, 0.1) is 5.82 Å². The largest absolute Gasteiger partial charge is 0.486 e. The molecule has 5 nitrogen and oxygen atoms in total. The first-order chi connectivity index (χ1) is 12.0. The van der Waals surface area contributed by atoms with Crippen molar-refractivity contribution in [1.82, 2.24) is 5.32 Å². The predicted molar refractivity (Wildman–Crippen MR) is 90.5 cm³/mol. The summed E-state index contributed by atoms with van der Waals surface area (Å²) in [7, 11) is 0. The second-order valence-corrected chi connectivity index (χ2v) is 6.06. The van der Waals surface area contributed by atoms with Crippen molar-refractivity contribution in [2.24, 2.45) is 0 Å². The standard InChI is InChI=1S/C18H17ClFNO4/c19-14-6-11(7-16-18(14)25-5-4-24-16)8-17(23)21-10-15(22)12-2-1-3-13(20)9-12/h1-3,6-7,9,15,22H,4-5,8,10H2,(H,21,23). The van der Waals surface area contributed by atoms with Gasteiger partial charge >= 0.3 is 0 Å². The summed E-state index contributed by atoms with van der Waals surface area (Å²) >= 11 is 6.14. The molecule has 1 amide bonds. The van der Waals surface area contributed by atoms with E-state index >= 15 is 0 Å². The number of aliphatic hydroxyl groups is 1. The predicted octanol–water partition coefficient (Wildman–Crippen LogP) is 2.64. The van der Waals surface area contributed by atoms with Gasteiger partial charge in [0.25, 0.3) is 0 Å². The maximum atomic E-state index is 13.2. The van der Waals surface area contributed by atoms with Crippen molar-refractivity contribution < 1.29 is 23.8 Å². The number of fused-ring (bicyclic) bond motifs is 1. The van der Waals surface area contributed by atoms with Crippen molar-refractivity contribution in [2.75, 3.05) is 19.8 Å². The molecule has 0 fully saturated rings. The fraction of sp³-hybridized carbons (Fsp3) is 0.278. The Kier molecular flexibility index (Phi) is 5.40. The van der Waals surface area contributed by atoms with E-state index in [1.54, 1.807) is 18.2 Å². The van der Waals surface area contributed by atoms with Gasteiger partial charge in [0.05, 0.1) is 17.5 Å². The molecular formula is C18H17ClFNO4. The molecule has 0 saturated carbocycles. The van der Waals surface area contributed by atoms with Crippen LogP contribution < -0.4 is 14.8 Å². The SMILES string of the molecule is O=C(Cc1cc(Cl)c2c(c1)OCCO2)NCC(O)c1cccc(F)c1.